The molecule has 0 aromatic heterocycles. The fraction of sp³-hybridized carbons (Fsp3) is 0.600. The molecule has 0 radical (unpaired) electrons. The maximum absolute atomic E-state index is 12.9. The largest absolute Gasteiger partial charge is 0.336 e. The van der Waals surface area contributed by atoms with Gasteiger partial charge in [-0.3, -0.25) is 4.79 Å². The van der Waals surface area contributed by atoms with Crippen molar-refractivity contribution in [3.05, 3.63) is 23.9 Å². The van der Waals surface area contributed by atoms with E-state index >= 15 is 0 Å². The molecular formula is C15H21N3O3S. The number of rotatable bonds is 3. The van der Waals surface area contributed by atoms with Gasteiger partial charge in [0.15, 0.2) is 5.84 Å². The minimum Gasteiger partial charge on any atom is -0.336 e. The van der Waals surface area contributed by atoms with Crippen LogP contribution in [-0.2, 0) is 14.8 Å². The van der Waals surface area contributed by atoms with E-state index in [1.54, 1.807) is 23.3 Å². The van der Waals surface area contributed by atoms with E-state index in [0.717, 1.165) is 25.7 Å². The molecule has 0 spiro atoms. The summed E-state index contributed by atoms with van der Waals surface area (Å²) in [6.45, 7) is 2.94. The number of amidine groups is 1. The van der Waals surface area contributed by atoms with Crippen molar-refractivity contribution in [2.45, 2.75) is 38.6 Å². The van der Waals surface area contributed by atoms with Crippen LogP contribution < -0.4 is 0 Å². The Hall–Kier alpha value is -1.63. The van der Waals surface area contributed by atoms with Gasteiger partial charge in [0.1, 0.15) is 0 Å². The highest BCUT2D eigenvalue weighted by Crippen LogP contribution is 2.26. The Kier molecular flexibility index (Phi) is 4.08. The van der Waals surface area contributed by atoms with E-state index in [0.29, 0.717) is 18.7 Å². The topological polar surface area (TPSA) is 70.1 Å². The average Bonchev–Trinajstić information content (AvgIpc) is 3.00. The number of hydrogen-bond donors (Lipinski definition) is 0. The van der Waals surface area contributed by atoms with Crippen molar-refractivity contribution < 1.29 is 13.2 Å². The van der Waals surface area contributed by atoms with Crippen LogP contribution in [0.5, 0.6) is 0 Å². The summed E-state index contributed by atoms with van der Waals surface area (Å²) in [6, 6.07) is 0.263. The molecule has 7 heteroatoms. The van der Waals surface area contributed by atoms with Crippen molar-refractivity contribution in [1.29, 1.82) is 0 Å². The minimum absolute atomic E-state index is 0.0115. The number of likely N-dealkylation sites (N-methyl/N-ethyl adjacent to an activating group) is 1. The van der Waals surface area contributed by atoms with E-state index in [9.17, 15) is 13.2 Å². The van der Waals surface area contributed by atoms with Crippen LogP contribution in [0.3, 0.4) is 0 Å². The van der Waals surface area contributed by atoms with E-state index < -0.39 is 10.0 Å². The molecule has 2 heterocycles. The van der Waals surface area contributed by atoms with Crippen LogP contribution in [0.25, 0.3) is 0 Å². The number of sulfonamides is 1. The van der Waals surface area contributed by atoms with Gasteiger partial charge in [0, 0.05) is 25.3 Å². The number of amides is 1. The van der Waals surface area contributed by atoms with Crippen molar-refractivity contribution in [3.63, 3.8) is 0 Å². The molecule has 0 bridgehead atoms. The fourth-order valence-electron chi connectivity index (χ4n) is 3.32. The van der Waals surface area contributed by atoms with Crippen LogP contribution in [0, 0.1) is 0 Å². The molecule has 0 atom stereocenters. The highest BCUT2D eigenvalue weighted by atomic mass is 32.2. The monoisotopic (exact) mass is 323 g/mol. The van der Waals surface area contributed by atoms with E-state index in [1.165, 1.54) is 0 Å². The van der Waals surface area contributed by atoms with Gasteiger partial charge in [-0.25, -0.2) is 8.42 Å². The second-order valence-electron chi connectivity index (χ2n) is 5.85. The van der Waals surface area contributed by atoms with Gasteiger partial charge in [-0.05, 0) is 31.9 Å². The smallest absolute Gasteiger partial charge is 0.257 e. The quantitative estimate of drug-likeness (QED) is 0.784. The molecule has 1 aliphatic carbocycles. The standard InChI is InChI=1S/C15H21N3O3S/c1-2-18(12-6-3-4-7-12)15(19)13-8-5-9-17-10-11-22(20,21)16-14(13)17/h5,8-9,12H,2-4,6-7,10-11H2,1H3. The lowest BCUT2D eigenvalue weighted by Crippen LogP contribution is -2.46. The van der Waals surface area contributed by atoms with Crippen LogP contribution in [0.2, 0.25) is 0 Å². The summed E-state index contributed by atoms with van der Waals surface area (Å²) in [7, 11) is -3.47. The highest BCUT2D eigenvalue weighted by Gasteiger charge is 2.34. The van der Waals surface area contributed by atoms with Gasteiger partial charge in [0.05, 0.1) is 11.3 Å². The maximum atomic E-state index is 12.9. The second-order valence-corrected chi connectivity index (χ2v) is 7.60. The predicted molar refractivity (Wildman–Crippen MR) is 84.8 cm³/mol. The zero-order valence-corrected chi connectivity index (χ0v) is 13.6. The fourth-order valence-corrected chi connectivity index (χ4v) is 4.31. The number of carbonyl (C=O) groups excluding carboxylic acids is 1. The summed E-state index contributed by atoms with van der Waals surface area (Å²) in [6.07, 6.45) is 9.58. The van der Waals surface area contributed by atoms with Crippen LogP contribution >= 0.6 is 0 Å². The Morgan fingerprint density at radius 1 is 1.41 bits per heavy atom. The first-order valence-electron chi connectivity index (χ1n) is 7.81. The third kappa shape index (κ3) is 2.82. The van der Waals surface area contributed by atoms with Crippen LogP contribution in [0.15, 0.2) is 28.3 Å². The normalized spacial score (nSPS) is 23.8. The first-order valence-corrected chi connectivity index (χ1v) is 9.42. The lowest BCUT2D eigenvalue weighted by Gasteiger charge is -2.33. The van der Waals surface area contributed by atoms with Gasteiger partial charge in [-0.1, -0.05) is 12.8 Å². The van der Waals surface area contributed by atoms with Crippen molar-refractivity contribution in [1.82, 2.24) is 9.80 Å². The molecule has 0 N–H and O–H groups in total. The zero-order chi connectivity index (χ0) is 15.7. The molecule has 120 valence electrons. The number of allylic oxidation sites excluding steroid dienone is 2. The number of hydrogen-bond acceptors (Lipinski definition) is 4. The lowest BCUT2D eigenvalue weighted by atomic mass is 10.1. The molecule has 0 saturated heterocycles. The third-order valence-corrected chi connectivity index (χ3v) is 5.60. The van der Waals surface area contributed by atoms with Crippen molar-refractivity contribution in [2.75, 3.05) is 18.8 Å². The Morgan fingerprint density at radius 2 is 2.14 bits per heavy atom. The first kappa shape index (κ1) is 15.3. The summed E-state index contributed by atoms with van der Waals surface area (Å²) < 4.78 is 27.4. The summed E-state index contributed by atoms with van der Waals surface area (Å²) >= 11 is 0. The Balaban J connectivity index is 1.91. The maximum Gasteiger partial charge on any atom is 0.257 e. The molecule has 0 aromatic rings. The molecule has 22 heavy (non-hydrogen) atoms. The van der Waals surface area contributed by atoms with Gasteiger partial charge in [0.2, 0.25) is 0 Å². The molecule has 3 aliphatic rings. The average molecular weight is 323 g/mol. The number of nitrogens with zero attached hydrogens (tertiary/aromatic N) is 3. The molecule has 1 amide bonds. The number of fused-ring (bicyclic) bond motifs is 1. The highest BCUT2D eigenvalue weighted by molar-refractivity contribution is 7.90. The van der Waals surface area contributed by atoms with Gasteiger partial charge in [0.25, 0.3) is 15.9 Å². The minimum atomic E-state index is -3.47. The first-order chi connectivity index (χ1) is 10.5. The SMILES string of the molecule is CCN(C(=O)C1=CC=CN2CCS(=O)(=O)N=C12)C1CCCC1. The lowest BCUT2D eigenvalue weighted by molar-refractivity contribution is -0.128. The molecule has 3 rings (SSSR count). The van der Waals surface area contributed by atoms with Crippen LogP contribution in [-0.4, -0.2) is 54.8 Å². The molecule has 1 saturated carbocycles. The predicted octanol–water partition coefficient (Wildman–Crippen LogP) is 1.28. The Bertz CT molecular complexity index is 658. The van der Waals surface area contributed by atoms with Crippen LogP contribution in [0.4, 0.5) is 0 Å². The number of carbonyl (C=O) groups is 1. The van der Waals surface area contributed by atoms with Gasteiger partial charge < -0.3 is 9.80 Å². The van der Waals surface area contributed by atoms with Gasteiger partial charge >= 0.3 is 0 Å². The second kappa shape index (κ2) is 5.87. The van der Waals surface area contributed by atoms with E-state index in [4.69, 9.17) is 0 Å². The molecule has 2 aliphatic heterocycles. The summed E-state index contributed by atoms with van der Waals surface area (Å²) in [5.41, 5.74) is 0.388. The van der Waals surface area contributed by atoms with E-state index in [-0.39, 0.29) is 23.5 Å². The third-order valence-electron chi connectivity index (χ3n) is 4.45. The Labute approximate surface area is 131 Å². The Morgan fingerprint density at radius 3 is 2.82 bits per heavy atom. The van der Waals surface area contributed by atoms with Crippen molar-refractivity contribution >= 4 is 21.8 Å². The van der Waals surface area contributed by atoms with Crippen molar-refractivity contribution in [2.24, 2.45) is 4.40 Å². The van der Waals surface area contributed by atoms with Gasteiger partial charge in [-0.15, -0.1) is 4.40 Å². The molecular weight excluding hydrogens is 302 g/mol. The molecule has 6 nitrogen and oxygen atoms in total. The summed E-state index contributed by atoms with van der Waals surface area (Å²) in [4.78, 5) is 16.5. The van der Waals surface area contributed by atoms with E-state index in [1.807, 2.05) is 11.8 Å². The van der Waals surface area contributed by atoms with Crippen LogP contribution in [0.1, 0.15) is 32.6 Å². The van der Waals surface area contributed by atoms with Crippen molar-refractivity contribution in [3.8, 4) is 0 Å². The molecule has 0 aromatic carbocycles. The molecule has 1 fully saturated rings. The summed E-state index contributed by atoms with van der Waals surface area (Å²) in [5.74, 6) is 0.150. The van der Waals surface area contributed by atoms with Gasteiger partial charge in [-0.2, -0.15) is 0 Å². The zero-order valence-electron chi connectivity index (χ0n) is 12.7. The van der Waals surface area contributed by atoms with E-state index in [2.05, 4.69) is 4.40 Å². The molecule has 0 unspecified atom stereocenters. The summed E-state index contributed by atoms with van der Waals surface area (Å²) in [5, 5.41) is 0.